The number of hydrogen-bond acceptors (Lipinski definition) is 3. The minimum atomic E-state index is -0.959. The molecule has 0 aromatic heterocycles. The second-order valence-corrected chi connectivity index (χ2v) is 5.50. The maximum Gasteiger partial charge on any atom is 0.326 e. The van der Waals surface area contributed by atoms with Crippen molar-refractivity contribution in [2.75, 3.05) is 13.1 Å². The Kier molecular flexibility index (Phi) is 4.46. The molecule has 7 heteroatoms. The zero-order valence-corrected chi connectivity index (χ0v) is 11.6. The summed E-state index contributed by atoms with van der Waals surface area (Å²) in [6.07, 6.45) is 2.52. The molecule has 2 rings (SSSR count). The molecule has 2 heterocycles. The van der Waals surface area contributed by atoms with Crippen molar-refractivity contribution in [2.24, 2.45) is 5.92 Å². The Morgan fingerprint density at radius 3 is 2.80 bits per heavy atom. The normalized spacial score (nSPS) is 29.9. The van der Waals surface area contributed by atoms with E-state index >= 15 is 0 Å². The average Bonchev–Trinajstić information content (AvgIpc) is 2.83. The molecule has 3 atom stereocenters. The first kappa shape index (κ1) is 14.6. The number of carboxylic acids is 1. The number of hydrogen-bond donors (Lipinski definition) is 3. The van der Waals surface area contributed by atoms with E-state index < -0.39 is 12.0 Å². The highest BCUT2D eigenvalue weighted by Crippen LogP contribution is 2.25. The van der Waals surface area contributed by atoms with Crippen molar-refractivity contribution in [3.05, 3.63) is 0 Å². The number of likely N-dealkylation sites (tertiary alicyclic amines) is 1. The highest BCUT2D eigenvalue weighted by atomic mass is 16.4. The van der Waals surface area contributed by atoms with Gasteiger partial charge in [-0.1, -0.05) is 13.3 Å². The standard InChI is InChI=1S/C13H21N3O4/c1-2-8-3-4-16(10(5-8)12(18)19)13(20)15-9-6-11(17)14-7-9/h8-10H,2-7H2,1H3,(H,14,17)(H,15,20)(H,18,19). The van der Waals surface area contributed by atoms with Gasteiger partial charge in [-0.25, -0.2) is 9.59 Å². The molecule has 3 unspecified atom stereocenters. The molecular formula is C13H21N3O4. The lowest BCUT2D eigenvalue weighted by atomic mass is 9.89. The van der Waals surface area contributed by atoms with Gasteiger partial charge in [-0.05, 0) is 18.8 Å². The lowest BCUT2D eigenvalue weighted by Gasteiger charge is -2.37. The van der Waals surface area contributed by atoms with Crippen molar-refractivity contribution in [1.82, 2.24) is 15.5 Å². The summed E-state index contributed by atoms with van der Waals surface area (Å²) in [6, 6.07) is -1.39. The smallest absolute Gasteiger partial charge is 0.326 e. The summed E-state index contributed by atoms with van der Waals surface area (Å²) in [7, 11) is 0. The Hall–Kier alpha value is -1.79. The van der Waals surface area contributed by atoms with E-state index in [1.54, 1.807) is 0 Å². The van der Waals surface area contributed by atoms with Gasteiger partial charge in [0.15, 0.2) is 0 Å². The third-order valence-corrected chi connectivity index (χ3v) is 4.14. The fraction of sp³-hybridized carbons (Fsp3) is 0.769. The van der Waals surface area contributed by atoms with E-state index in [0.717, 1.165) is 12.8 Å². The molecule has 0 spiro atoms. The quantitative estimate of drug-likeness (QED) is 0.687. The first-order valence-corrected chi connectivity index (χ1v) is 7.08. The molecule has 0 radical (unpaired) electrons. The number of nitrogens with one attached hydrogen (secondary N) is 2. The van der Waals surface area contributed by atoms with Gasteiger partial charge >= 0.3 is 12.0 Å². The Morgan fingerprint density at radius 1 is 1.50 bits per heavy atom. The van der Waals surface area contributed by atoms with E-state index in [-0.39, 0.29) is 24.4 Å². The molecule has 2 fully saturated rings. The summed E-state index contributed by atoms with van der Waals surface area (Å²) in [5, 5.41) is 14.7. The number of amides is 3. The van der Waals surface area contributed by atoms with Crippen LogP contribution in [0.4, 0.5) is 4.79 Å². The predicted octanol–water partition coefficient (Wildman–Crippen LogP) is 0.160. The zero-order valence-electron chi connectivity index (χ0n) is 11.6. The van der Waals surface area contributed by atoms with Crippen LogP contribution in [0.15, 0.2) is 0 Å². The maximum absolute atomic E-state index is 12.2. The van der Waals surface area contributed by atoms with Crippen LogP contribution in [-0.2, 0) is 9.59 Å². The predicted molar refractivity (Wildman–Crippen MR) is 71.1 cm³/mol. The van der Waals surface area contributed by atoms with Gasteiger partial charge in [0, 0.05) is 19.5 Å². The summed E-state index contributed by atoms with van der Waals surface area (Å²) >= 11 is 0. The van der Waals surface area contributed by atoms with Crippen LogP contribution in [-0.4, -0.2) is 53.1 Å². The second-order valence-electron chi connectivity index (χ2n) is 5.50. The first-order chi connectivity index (χ1) is 9.51. The molecule has 2 aliphatic heterocycles. The van der Waals surface area contributed by atoms with Crippen LogP contribution >= 0.6 is 0 Å². The number of carboxylic acid groups (broad SMARTS) is 1. The van der Waals surface area contributed by atoms with Crippen LogP contribution < -0.4 is 10.6 Å². The molecule has 0 bridgehead atoms. The SMILES string of the molecule is CCC1CCN(C(=O)NC2CNC(=O)C2)C(C(=O)O)C1. The Morgan fingerprint density at radius 2 is 2.25 bits per heavy atom. The summed E-state index contributed by atoms with van der Waals surface area (Å²) < 4.78 is 0. The Bertz CT molecular complexity index is 412. The van der Waals surface area contributed by atoms with Gasteiger partial charge in [0.05, 0.1) is 6.04 Å². The van der Waals surface area contributed by atoms with Crippen molar-refractivity contribution in [3.8, 4) is 0 Å². The number of aliphatic carboxylic acids is 1. The van der Waals surface area contributed by atoms with E-state index in [1.165, 1.54) is 4.90 Å². The Balaban J connectivity index is 1.96. The highest BCUT2D eigenvalue weighted by molar-refractivity contribution is 5.84. The number of nitrogens with zero attached hydrogens (tertiary/aromatic N) is 1. The van der Waals surface area contributed by atoms with Crippen molar-refractivity contribution >= 4 is 17.9 Å². The topological polar surface area (TPSA) is 98.7 Å². The number of urea groups is 1. The van der Waals surface area contributed by atoms with Gasteiger partial charge in [-0.15, -0.1) is 0 Å². The van der Waals surface area contributed by atoms with Crippen LogP contribution in [0.3, 0.4) is 0 Å². The van der Waals surface area contributed by atoms with Crippen molar-refractivity contribution in [3.63, 3.8) is 0 Å². The van der Waals surface area contributed by atoms with Crippen LogP contribution in [0.1, 0.15) is 32.6 Å². The largest absolute Gasteiger partial charge is 0.480 e. The van der Waals surface area contributed by atoms with E-state index in [1.807, 2.05) is 6.92 Å². The average molecular weight is 283 g/mol. The minimum absolute atomic E-state index is 0.0882. The summed E-state index contributed by atoms with van der Waals surface area (Å²) in [4.78, 5) is 36.0. The molecule has 3 amide bonds. The molecule has 0 aromatic rings. The lowest BCUT2D eigenvalue weighted by Crippen LogP contribution is -2.55. The zero-order chi connectivity index (χ0) is 14.7. The molecule has 0 saturated carbocycles. The third-order valence-electron chi connectivity index (χ3n) is 4.14. The second kappa shape index (κ2) is 6.11. The molecule has 3 N–H and O–H groups in total. The molecule has 20 heavy (non-hydrogen) atoms. The van der Waals surface area contributed by atoms with Crippen LogP contribution in [0.2, 0.25) is 0 Å². The van der Waals surface area contributed by atoms with Crippen molar-refractivity contribution in [2.45, 2.75) is 44.7 Å². The summed E-state index contributed by atoms with van der Waals surface area (Å²) in [6.45, 7) is 2.90. The van der Waals surface area contributed by atoms with E-state index in [4.69, 9.17) is 0 Å². The van der Waals surface area contributed by atoms with E-state index in [9.17, 15) is 19.5 Å². The summed E-state index contributed by atoms with van der Waals surface area (Å²) in [5.41, 5.74) is 0. The summed E-state index contributed by atoms with van der Waals surface area (Å²) in [5.74, 6) is -0.691. The maximum atomic E-state index is 12.2. The van der Waals surface area contributed by atoms with Gasteiger partial charge in [-0.3, -0.25) is 4.79 Å². The number of piperidine rings is 1. The molecular weight excluding hydrogens is 262 g/mol. The third kappa shape index (κ3) is 3.20. The van der Waals surface area contributed by atoms with Crippen molar-refractivity contribution in [1.29, 1.82) is 0 Å². The molecule has 2 aliphatic rings. The number of rotatable bonds is 3. The van der Waals surface area contributed by atoms with Gasteiger partial charge in [0.25, 0.3) is 0 Å². The number of carbonyl (C=O) groups excluding carboxylic acids is 2. The van der Waals surface area contributed by atoms with Gasteiger partial charge in [-0.2, -0.15) is 0 Å². The highest BCUT2D eigenvalue weighted by Gasteiger charge is 2.36. The minimum Gasteiger partial charge on any atom is -0.480 e. The van der Waals surface area contributed by atoms with Gasteiger partial charge in [0.1, 0.15) is 6.04 Å². The lowest BCUT2D eigenvalue weighted by molar-refractivity contribution is -0.144. The molecule has 2 saturated heterocycles. The fourth-order valence-corrected chi connectivity index (χ4v) is 2.85. The van der Waals surface area contributed by atoms with Crippen LogP contribution in [0.25, 0.3) is 0 Å². The monoisotopic (exact) mass is 283 g/mol. The molecule has 112 valence electrons. The van der Waals surface area contributed by atoms with Gasteiger partial charge < -0.3 is 20.6 Å². The van der Waals surface area contributed by atoms with E-state index in [2.05, 4.69) is 10.6 Å². The first-order valence-electron chi connectivity index (χ1n) is 7.08. The van der Waals surface area contributed by atoms with Gasteiger partial charge in [0.2, 0.25) is 5.91 Å². The molecule has 0 aromatic carbocycles. The van der Waals surface area contributed by atoms with E-state index in [0.29, 0.717) is 25.4 Å². The Labute approximate surface area is 117 Å². The molecule has 0 aliphatic carbocycles. The number of carbonyl (C=O) groups is 3. The molecule has 7 nitrogen and oxygen atoms in total. The fourth-order valence-electron chi connectivity index (χ4n) is 2.85. The van der Waals surface area contributed by atoms with Crippen LogP contribution in [0.5, 0.6) is 0 Å². The van der Waals surface area contributed by atoms with Crippen molar-refractivity contribution < 1.29 is 19.5 Å². The van der Waals surface area contributed by atoms with Crippen LogP contribution in [0, 0.1) is 5.92 Å².